The van der Waals surface area contributed by atoms with Crippen LogP contribution in [-0.4, -0.2) is 47.1 Å². The maximum atomic E-state index is 12.8. The predicted octanol–water partition coefficient (Wildman–Crippen LogP) is 3.11. The van der Waals surface area contributed by atoms with Crippen LogP contribution in [0.2, 0.25) is 0 Å². The molecule has 1 aromatic heterocycles. The Labute approximate surface area is 144 Å². The van der Waals surface area contributed by atoms with E-state index >= 15 is 0 Å². The van der Waals surface area contributed by atoms with Gasteiger partial charge in [-0.15, -0.1) is 0 Å². The standard InChI is InChI=1S/C19H27N3O2/c1-14(2)17-20-12-16(15(3)21-17)18(23)22-9-7-19(8-10-22)6-4-5-11-24-13-19/h4-5,12,14H,6-11,13H2,1-3H3. The van der Waals surface area contributed by atoms with Gasteiger partial charge < -0.3 is 9.64 Å². The van der Waals surface area contributed by atoms with Gasteiger partial charge in [-0.25, -0.2) is 9.97 Å². The van der Waals surface area contributed by atoms with Gasteiger partial charge in [-0.05, 0) is 26.2 Å². The van der Waals surface area contributed by atoms with E-state index in [0.717, 1.165) is 50.5 Å². The topological polar surface area (TPSA) is 55.3 Å². The number of aromatic nitrogens is 2. The van der Waals surface area contributed by atoms with Crippen molar-refractivity contribution < 1.29 is 9.53 Å². The molecule has 0 N–H and O–H groups in total. The summed E-state index contributed by atoms with van der Waals surface area (Å²) < 4.78 is 5.71. The first-order chi connectivity index (χ1) is 11.5. The molecular weight excluding hydrogens is 302 g/mol. The highest BCUT2D eigenvalue weighted by Gasteiger charge is 2.36. The number of carbonyl (C=O) groups excluding carboxylic acids is 1. The minimum Gasteiger partial charge on any atom is -0.377 e. The number of aryl methyl sites for hydroxylation is 1. The molecule has 0 aromatic carbocycles. The third-order valence-electron chi connectivity index (χ3n) is 5.20. The smallest absolute Gasteiger partial charge is 0.257 e. The van der Waals surface area contributed by atoms with Gasteiger partial charge in [0, 0.05) is 30.6 Å². The lowest BCUT2D eigenvalue weighted by molar-refractivity contribution is 0.0162. The molecule has 1 amide bonds. The third-order valence-corrected chi connectivity index (χ3v) is 5.20. The van der Waals surface area contributed by atoms with Crippen LogP contribution in [-0.2, 0) is 4.74 Å². The van der Waals surface area contributed by atoms with E-state index in [-0.39, 0.29) is 17.2 Å². The van der Waals surface area contributed by atoms with Gasteiger partial charge in [0.2, 0.25) is 0 Å². The fraction of sp³-hybridized carbons (Fsp3) is 0.632. The Morgan fingerprint density at radius 2 is 2.04 bits per heavy atom. The quantitative estimate of drug-likeness (QED) is 0.782. The molecule has 130 valence electrons. The van der Waals surface area contributed by atoms with Gasteiger partial charge in [0.25, 0.3) is 5.91 Å². The molecule has 0 radical (unpaired) electrons. The van der Waals surface area contributed by atoms with E-state index < -0.39 is 0 Å². The van der Waals surface area contributed by atoms with Crippen LogP contribution < -0.4 is 0 Å². The molecule has 0 bridgehead atoms. The van der Waals surface area contributed by atoms with Crippen molar-refractivity contribution in [2.24, 2.45) is 5.41 Å². The van der Waals surface area contributed by atoms with E-state index in [1.807, 2.05) is 11.8 Å². The summed E-state index contributed by atoms with van der Waals surface area (Å²) in [6, 6.07) is 0. The number of piperidine rings is 1. The second-order valence-electron chi connectivity index (χ2n) is 7.36. The van der Waals surface area contributed by atoms with Crippen LogP contribution in [0.3, 0.4) is 0 Å². The number of hydrogen-bond donors (Lipinski definition) is 0. The second-order valence-corrected chi connectivity index (χ2v) is 7.36. The SMILES string of the molecule is Cc1nc(C(C)C)ncc1C(=O)N1CCC2(CC=CCOC2)CC1. The average molecular weight is 329 g/mol. The van der Waals surface area contributed by atoms with Crippen LogP contribution in [0, 0.1) is 12.3 Å². The first-order valence-corrected chi connectivity index (χ1v) is 8.86. The highest BCUT2D eigenvalue weighted by Crippen LogP contribution is 2.37. The van der Waals surface area contributed by atoms with Crippen molar-refractivity contribution in [2.45, 2.75) is 46.0 Å². The van der Waals surface area contributed by atoms with Crippen molar-refractivity contribution in [1.82, 2.24) is 14.9 Å². The summed E-state index contributed by atoms with van der Waals surface area (Å²) in [6.45, 7) is 9.09. The van der Waals surface area contributed by atoms with E-state index in [4.69, 9.17) is 4.74 Å². The van der Waals surface area contributed by atoms with Gasteiger partial charge in [0.15, 0.2) is 0 Å². The normalized spacial score (nSPS) is 20.4. The van der Waals surface area contributed by atoms with E-state index in [9.17, 15) is 4.79 Å². The Bertz CT molecular complexity index is 631. The predicted molar refractivity (Wildman–Crippen MR) is 93.0 cm³/mol. The van der Waals surface area contributed by atoms with Crippen molar-refractivity contribution in [3.63, 3.8) is 0 Å². The molecule has 3 heterocycles. The summed E-state index contributed by atoms with van der Waals surface area (Å²) in [5, 5.41) is 0. The zero-order valence-corrected chi connectivity index (χ0v) is 14.9. The molecule has 5 nitrogen and oxygen atoms in total. The summed E-state index contributed by atoms with van der Waals surface area (Å²) in [5.41, 5.74) is 1.61. The van der Waals surface area contributed by atoms with Crippen LogP contribution in [0.25, 0.3) is 0 Å². The Morgan fingerprint density at radius 3 is 2.71 bits per heavy atom. The van der Waals surface area contributed by atoms with Crippen molar-refractivity contribution in [2.75, 3.05) is 26.3 Å². The zero-order chi connectivity index (χ0) is 17.2. The van der Waals surface area contributed by atoms with Crippen molar-refractivity contribution in [1.29, 1.82) is 0 Å². The number of likely N-dealkylation sites (tertiary alicyclic amines) is 1. The van der Waals surface area contributed by atoms with Crippen molar-refractivity contribution >= 4 is 5.91 Å². The lowest BCUT2D eigenvalue weighted by Crippen LogP contribution is -2.45. The molecule has 0 unspecified atom stereocenters. The lowest BCUT2D eigenvalue weighted by Gasteiger charge is -2.40. The molecule has 1 saturated heterocycles. The minimum absolute atomic E-state index is 0.0581. The Kier molecular flexibility index (Phi) is 4.99. The lowest BCUT2D eigenvalue weighted by atomic mass is 9.76. The molecule has 1 spiro atoms. The fourth-order valence-electron chi connectivity index (χ4n) is 3.48. The number of carbonyl (C=O) groups is 1. The van der Waals surface area contributed by atoms with E-state index in [1.165, 1.54) is 0 Å². The van der Waals surface area contributed by atoms with Crippen molar-refractivity contribution in [3.8, 4) is 0 Å². The molecule has 3 rings (SSSR count). The number of nitrogens with zero attached hydrogens (tertiary/aromatic N) is 3. The first-order valence-electron chi connectivity index (χ1n) is 8.86. The fourth-order valence-corrected chi connectivity index (χ4v) is 3.48. The third kappa shape index (κ3) is 3.51. The molecule has 0 aliphatic carbocycles. The number of allylic oxidation sites excluding steroid dienone is 1. The largest absolute Gasteiger partial charge is 0.377 e. The highest BCUT2D eigenvalue weighted by atomic mass is 16.5. The van der Waals surface area contributed by atoms with Gasteiger partial charge in [-0.2, -0.15) is 0 Å². The molecule has 0 saturated carbocycles. The summed E-state index contributed by atoms with van der Waals surface area (Å²) >= 11 is 0. The molecular formula is C19H27N3O2. The average Bonchev–Trinajstić information content (AvgIpc) is 2.80. The molecule has 2 aliphatic rings. The van der Waals surface area contributed by atoms with E-state index in [1.54, 1.807) is 6.20 Å². The molecule has 1 aromatic rings. The minimum atomic E-state index is 0.0581. The maximum absolute atomic E-state index is 12.8. The van der Waals surface area contributed by atoms with Crippen LogP contribution in [0.5, 0.6) is 0 Å². The Hall–Kier alpha value is -1.75. The number of rotatable bonds is 2. The van der Waals surface area contributed by atoms with Gasteiger partial charge in [-0.3, -0.25) is 4.79 Å². The summed E-state index contributed by atoms with van der Waals surface area (Å²) in [4.78, 5) is 23.6. The summed E-state index contributed by atoms with van der Waals surface area (Å²) in [7, 11) is 0. The molecule has 5 heteroatoms. The summed E-state index contributed by atoms with van der Waals surface area (Å²) in [5.74, 6) is 1.12. The summed E-state index contributed by atoms with van der Waals surface area (Å²) in [6.07, 6.45) is 9.07. The number of hydrogen-bond acceptors (Lipinski definition) is 4. The molecule has 1 fully saturated rings. The Morgan fingerprint density at radius 1 is 1.29 bits per heavy atom. The van der Waals surface area contributed by atoms with Gasteiger partial charge in [-0.1, -0.05) is 26.0 Å². The van der Waals surface area contributed by atoms with Crippen molar-refractivity contribution in [3.05, 3.63) is 35.4 Å². The van der Waals surface area contributed by atoms with E-state index in [2.05, 4.69) is 36.0 Å². The van der Waals surface area contributed by atoms with E-state index in [0.29, 0.717) is 12.2 Å². The van der Waals surface area contributed by atoms with Crippen LogP contribution in [0.4, 0.5) is 0 Å². The van der Waals surface area contributed by atoms with Crippen LogP contribution in [0.15, 0.2) is 18.3 Å². The number of amides is 1. The van der Waals surface area contributed by atoms with Gasteiger partial charge in [0.05, 0.1) is 24.5 Å². The molecule has 24 heavy (non-hydrogen) atoms. The zero-order valence-electron chi connectivity index (χ0n) is 14.9. The second kappa shape index (κ2) is 7.01. The first kappa shape index (κ1) is 17.1. The highest BCUT2D eigenvalue weighted by molar-refractivity contribution is 5.95. The van der Waals surface area contributed by atoms with Crippen LogP contribution >= 0.6 is 0 Å². The van der Waals surface area contributed by atoms with Gasteiger partial charge >= 0.3 is 0 Å². The molecule has 2 aliphatic heterocycles. The Balaban J connectivity index is 1.68. The van der Waals surface area contributed by atoms with Crippen LogP contribution in [0.1, 0.15) is 60.9 Å². The van der Waals surface area contributed by atoms with Gasteiger partial charge in [0.1, 0.15) is 5.82 Å². The maximum Gasteiger partial charge on any atom is 0.257 e. The monoisotopic (exact) mass is 329 g/mol. The molecule has 0 atom stereocenters. The number of ether oxygens (including phenoxy) is 1.